The number of nitrogens with one attached hydrogen (secondary N) is 2. The van der Waals surface area contributed by atoms with Crippen LogP contribution in [-0.4, -0.2) is 45.6 Å². The number of hydrogen-bond donors (Lipinski definition) is 3. The SMILES string of the molecule is COC(=O)[C@@H](Cc1nc2ccccc2nc1C)/C(=N\NC(N)=O)C(=O)Nc1cccc([N+](=O)[O-])c1. The minimum absolute atomic E-state index is 0.0706. The molecule has 4 N–H and O–H groups in total. The fourth-order valence-electron chi connectivity index (χ4n) is 3.24. The summed E-state index contributed by atoms with van der Waals surface area (Å²) in [6.07, 6.45) is -0.141. The molecule has 0 aliphatic carbocycles. The molecule has 180 valence electrons. The lowest BCUT2D eigenvalue weighted by atomic mass is 9.95. The molecule has 3 aromatic rings. The first-order valence-electron chi connectivity index (χ1n) is 10.2. The molecule has 0 unspecified atom stereocenters. The lowest BCUT2D eigenvalue weighted by molar-refractivity contribution is -0.384. The van der Waals surface area contributed by atoms with Crippen LogP contribution in [0.15, 0.2) is 53.6 Å². The Morgan fingerprint density at radius 2 is 1.83 bits per heavy atom. The molecule has 3 rings (SSSR count). The fourth-order valence-corrected chi connectivity index (χ4v) is 3.24. The maximum atomic E-state index is 13.1. The number of methoxy groups -OCH3 is 1. The number of primary amides is 1. The number of hydrazone groups is 1. The zero-order valence-corrected chi connectivity index (χ0v) is 18.7. The summed E-state index contributed by atoms with van der Waals surface area (Å²) in [5.74, 6) is -3.07. The molecular weight excluding hydrogens is 458 g/mol. The van der Waals surface area contributed by atoms with E-state index in [2.05, 4.69) is 20.4 Å². The average Bonchev–Trinajstić information content (AvgIpc) is 2.83. The lowest BCUT2D eigenvalue weighted by Crippen LogP contribution is -2.39. The third kappa shape index (κ3) is 6.10. The number of aryl methyl sites for hydroxylation is 1. The number of non-ortho nitro benzene ring substituents is 1. The van der Waals surface area contributed by atoms with Crippen LogP contribution in [0.3, 0.4) is 0 Å². The van der Waals surface area contributed by atoms with Crippen LogP contribution in [0.5, 0.6) is 0 Å². The Morgan fingerprint density at radius 1 is 1.14 bits per heavy atom. The van der Waals surface area contributed by atoms with Crippen LogP contribution in [-0.2, 0) is 20.7 Å². The molecule has 1 heterocycles. The van der Waals surface area contributed by atoms with E-state index in [0.717, 1.165) is 13.2 Å². The van der Waals surface area contributed by atoms with E-state index < -0.39 is 34.5 Å². The molecule has 0 radical (unpaired) electrons. The highest BCUT2D eigenvalue weighted by Gasteiger charge is 2.33. The van der Waals surface area contributed by atoms with Crippen molar-refractivity contribution in [2.75, 3.05) is 12.4 Å². The Labute approximate surface area is 198 Å². The minimum Gasteiger partial charge on any atom is -0.468 e. The van der Waals surface area contributed by atoms with E-state index in [9.17, 15) is 24.5 Å². The predicted molar refractivity (Wildman–Crippen MR) is 125 cm³/mol. The number of rotatable bonds is 8. The molecule has 0 aliphatic heterocycles. The Bertz CT molecular complexity index is 1340. The zero-order valence-electron chi connectivity index (χ0n) is 18.7. The molecule has 0 saturated carbocycles. The number of ether oxygens (including phenoxy) is 1. The van der Waals surface area contributed by atoms with Crippen molar-refractivity contribution in [3.63, 3.8) is 0 Å². The second kappa shape index (κ2) is 10.8. The third-order valence-electron chi connectivity index (χ3n) is 4.89. The van der Waals surface area contributed by atoms with Gasteiger partial charge in [-0.15, -0.1) is 0 Å². The van der Waals surface area contributed by atoms with E-state index in [1.807, 2.05) is 11.5 Å². The molecule has 0 saturated heterocycles. The van der Waals surface area contributed by atoms with E-state index >= 15 is 0 Å². The summed E-state index contributed by atoms with van der Waals surface area (Å²) in [5.41, 5.74) is 8.53. The fraction of sp³-hybridized carbons (Fsp3) is 0.182. The van der Waals surface area contributed by atoms with Crippen LogP contribution in [0.2, 0.25) is 0 Å². The molecule has 0 bridgehead atoms. The van der Waals surface area contributed by atoms with Gasteiger partial charge in [-0.1, -0.05) is 18.2 Å². The number of urea groups is 1. The van der Waals surface area contributed by atoms with E-state index in [0.29, 0.717) is 22.4 Å². The van der Waals surface area contributed by atoms with Gasteiger partial charge in [-0.3, -0.25) is 19.7 Å². The number of nitrogens with zero attached hydrogens (tertiary/aromatic N) is 4. The van der Waals surface area contributed by atoms with Crippen molar-refractivity contribution in [1.29, 1.82) is 0 Å². The maximum Gasteiger partial charge on any atom is 0.332 e. The minimum atomic E-state index is -1.32. The van der Waals surface area contributed by atoms with Gasteiger partial charge in [0.1, 0.15) is 11.6 Å². The summed E-state index contributed by atoms with van der Waals surface area (Å²) in [5, 5.41) is 17.2. The summed E-state index contributed by atoms with van der Waals surface area (Å²) >= 11 is 0. The summed E-state index contributed by atoms with van der Waals surface area (Å²) in [4.78, 5) is 56.5. The number of fused-ring (bicyclic) bond motifs is 1. The summed E-state index contributed by atoms with van der Waals surface area (Å²) in [6.45, 7) is 1.70. The number of anilines is 1. The van der Waals surface area contributed by atoms with E-state index in [1.165, 1.54) is 18.2 Å². The molecule has 13 heteroatoms. The lowest BCUT2D eigenvalue weighted by Gasteiger charge is -2.18. The Balaban J connectivity index is 2.00. The third-order valence-corrected chi connectivity index (χ3v) is 4.89. The number of carbonyl (C=O) groups is 3. The van der Waals surface area contributed by atoms with Crippen molar-refractivity contribution < 1.29 is 24.0 Å². The number of esters is 1. The number of hydrogen-bond acceptors (Lipinski definition) is 9. The zero-order chi connectivity index (χ0) is 25.5. The quantitative estimate of drug-likeness (QED) is 0.188. The number of aromatic nitrogens is 2. The van der Waals surface area contributed by atoms with Gasteiger partial charge < -0.3 is 15.8 Å². The Morgan fingerprint density at radius 3 is 2.46 bits per heavy atom. The van der Waals surface area contributed by atoms with Gasteiger partial charge in [0.15, 0.2) is 0 Å². The standard InChI is InChI=1S/C22H21N7O6/c1-12-18(26-17-9-4-3-8-16(17)24-12)11-15(21(31)35-2)19(27-28-22(23)32)20(30)25-13-6-5-7-14(10-13)29(33)34/h3-10,15H,11H2,1-2H3,(H,25,30)(H3,23,28,32)/b27-19+/t15-/m0/s1. The van der Waals surface area contributed by atoms with Crippen LogP contribution in [0.25, 0.3) is 11.0 Å². The van der Waals surface area contributed by atoms with Gasteiger partial charge in [0, 0.05) is 24.2 Å². The smallest absolute Gasteiger partial charge is 0.332 e. The van der Waals surface area contributed by atoms with Crippen LogP contribution in [0.4, 0.5) is 16.2 Å². The van der Waals surface area contributed by atoms with E-state index in [4.69, 9.17) is 10.5 Å². The predicted octanol–water partition coefficient (Wildman–Crippen LogP) is 1.84. The van der Waals surface area contributed by atoms with Crippen molar-refractivity contribution >= 4 is 46.0 Å². The van der Waals surface area contributed by atoms with Crippen LogP contribution < -0.4 is 16.5 Å². The van der Waals surface area contributed by atoms with Crippen molar-refractivity contribution in [1.82, 2.24) is 15.4 Å². The van der Waals surface area contributed by atoms with Crippen LogP contribution >= 0.6 is 0 Å². The summed E-state index contributed by atoms with van der Waals surface area (Å²) in [6, 6.07) is 11.2. The molecule has 13 nitrogen and oxygen atoms in total. The highest BCUT2D eigenvalue weighted by Crippen LogP contribution is 2.20. The number of nitro groups is 1. The van der Waals surface area contributed by atoms with Gasteiger partial charge in [-0.2, -0.15) is 5.10 Å². The normalized spacial score (nSPS) is 12.0. The molecule has 0 fully saturated rings. The van der Waals surface area contributed by atoms with E-state index in [1.54, 1.807) is 25.1 Å². The first-order valence-corrected chi connectivity index (χ1v) is 10.2. The van der Waals surface area contributed by atoms with Crippen LogP contribution in [0.1, 0.15) is 11.4 Å². The topological polar surface area (TPSA) is 192 Å². The average molecular weight is 479 g/mol. The van der Waals surface area contributed by atoms with Crippen LogP contribution in [0, 0.1) is 23.0 Å². The monoisotopic (exact) mass is 479 g/mol. The second-order valence-corrected chi connectivity index (χ2v) is 7.26. The first kappa shape index (κ1) is 24.7. The molecule has 3 amide bonds. The van der Waals surface area contributed by atoms with Gasteiger partial charge in [0.2, 0.25) is 0 Å². The largest absolute Gasteiger partial charge is 0.468 e. The summed E-state index contributed by atoms with van der Waals surface area (Å²) in [7, 11) is 1.13. The number of nitrogens with two attached hydrogens (primary N) is 1. The number of benzene rings is 2. The highest BCUT2D eigenvalue weighted by atomic mass is 16.6. The van der Waals surface area contributed by atoms with Crippen molar-refractivity contribution in [3.05, 3.63) is 70.0 Å². The number of carbonyl (C=O) groups excluding carboxylic acids is 3. The van der Waals surface area contributed by atoms with E-state index in [-0.39, 0.29) is 17.8 Å². The Kier molecular flexibility index (Phi) is 7.61. The van der Waals surface area contributed by atoms with Gasteiger partial charge >= 0.3 is 12.0 Å². The molecule has 1 aromatic heterocycles. The van der Waals surface area contributed by atoms with Crippen molar-refractivity contribution in [3.8, 4) is 0 Å². The van der Waals surface area contributed by atoms with Gasteiger partial charge in [-0.05, 0) is 25.1 Å². The van der Waals surface area contributed by atoms with Gasteiger partial charge in [0.25, 0.3) is 11.6 Å². The summed E-state index contributed by atoms with van der Waals surface area (Å²) < 4.78 is 4.87. The molecule has 0 spiro atoms. The van der Waals surface area contributed by atoms with Crippen molar-refractivity contribution in [2.24, 2.45) is 16.8 Å². The second-order valence-electron chi connectivity index (χ2n) is 7.26. The molecule has 2 aromatic carbocycles. The molecule has 35 heavy (non-hydrogen) atoms. The number of nitro benzene ring substituents is 1. The Hall–Kier alpha value is -4.94. The molecular formula is C22H21N7O6. The number of amides is 3. The highest BCUT2D eigenvalue weighted by molar-refractivity contribution is 6.46. The first-order chi connectivity index (χ1) is 16.7. The molecule has 1 atom stereocenters. The maximum absolute atomic E-state index is 13.1. The van der Waals surface area contributed by atoms with Gasteiger partial charge in [-0.25, -0.2) is 20.2 Å². The van der Waals surface area contributed by atoms with Gasteiger partial charge in [0.05, 0.1) is 34.5 Å². The molecule has 0 aliphatic rings. The van der Waals surface area contributed by atoms with Crippen molar-refractivity contribution in [2.45, 2.75) is 13.3 Å². The number of para-hydroxylation sites is 2.